The van der Waals surface area contributed by atoms with Crippen molar-refractivity contribution in [2.75, 3.05) is 53.0 Å². The smallest absolute Gasteiger partial charge is 0.191 e. The van der Waals surface area contributed by atoms with Crippen LogP contribution in [-0.2, 0) is 15.9 Å². The lowest BCUT2D eigenvalue weighted by Gasteiger charge is -2.34. The van der Waals surface area contributed by atoms with E-state index in [9.17, 15) is 0 Å². The SMILES string of the molecule is CCN1CCCC1CNC(=NCC1(OC)CCOCC1)NCCc1ccco1. The molecule has 0 aromatic carbocycles. The second kappa shape index (κ2) is 10.8. The molecular weight excluding hydrogens is 356 g/mol. The maximum atomic E-state index is 5.84. The minimum atomic E-state index is -0.212. The number of likely N-dealkylation sites (N-methyl/N-ethyl adjacent to an activating group) is 1. The summed E-state index contributed by atoms with van der Waals surface area (Å²) in [5, 5.41) is 7.04. The Kier molecular flexibility index (Phi) is 8.18. The second-order valence-electron chi connectivity index (χ2n) is 7.73. The summed E-state index contributed by atoms with van der Waals surface area (Å²) >= 11 is 0. The molecule has 2 aliphatic rings. The molecule has 0 radical (unpaired) electrons. The minimum Gasteiger partial charge on any atom is -0.469 e. The molecule has 2 N–H and O–H groups in total. The third-order valence-electron chi connectivity index (χ3n) is 6.02. The van der Waals surface area contributed by atoms with Gasteiger partial charge in [0.25, 0.3) is 0 Å². The molecule has 3 heterocycles. The van der Waals surface area contributed by atoms with Gasteiger partial charge >= 0.3 is 0 Å². The number of nitrogens with one attached hydrogen (secondary N) is 2. The summed E-state index contributed by atoms with van der Waals surface area (Å²) in [6.07, 6.45) is 6.86. The van der Waals surface area contributed by atoms with E-state index < -0.39 is 0 Å². The summed E-state index contributed by atoms with van der Waals surface area (Å²) in [4.78, 5) is 7.43. The Hall–Kier alpha value is -1.57. The van der Waals surface area contributed by atoms with Gasteiger partial charge in [-0.05, 0) is 38.1 Å². The van der Waals surface area contributed by atoms with Crippen molar-refractivity contribution in [2.45, 2.75) is 50.7 Å². The van der Waals surface area contributed by atoms with Gasteiger partial charge in [0.1, 0.15) is 5.76 Å². The number of furan rings is 1. The lowest BCUT2D eigenvalue weighted by atomic mass is 9.94. The summed E-state index contributed by atoms with van der Waals surface area (Å²) in [7, 11) is 1.79. The lowest BCUT2D eigenvalue weighted by molar-refractivity contribution is -0.0828. The van der Waals surface area contributed by atoms with Crippen LogP contribution in [0.5, 0.6) is 0 Å². The predicted molar refractivity (Wildman–Crippen MR) is 111 cm³/mol. The molecule has 0 spiro atoms. The zero-order valence-electron chi connectivity index (χ0n) is 17.4. The highest BCUT2D eigenvalue weighted by Gasteiger charge is 2.32. The average Bonchev–Trinajstić information content (AvgIpc) is 3.42. The van der Waals surface area contributed by atoms with Crippen molar-refractivity contribution in [3.05, 3.63) is 24.2 Å². The van der Waals surface area contributed by atoms with Crippen molar-refractivity contribution in [3.8, 4) is 0 Å². The number of aliphatic imine (C=N–C) groups is 1. The number of methoxy groups -OCH3 is 1. The van der Waals surface area contributed by atoms with Crippen molar-refractivity contribution in [1.29, 1.82) is 0 Å². The molecule has 2 fully saturated rings. The first-order valence-electron chi connectivity index (χ1n) is 10.7. The predicted octanol–water partition coefficient (Wildman–Crippen LogP) is 2.04. The molecular formula is C21H36N4O3. The molecule has 1 atom stereocenters. The Morgan fingerprint density at radius 2 is 2.21 bits per heavy atom. The summed E-state index contributed by atoms with van der Waals surface area (Å²) in [5.41, 5.74) is -0.212. The molecule has 1 aromatic heterocycles. The van der Waals surface area contributed by atoms with Crippen LogP contribution >= 0.6 is 0 Å². The molecule has 2 saturated heterocycles. The third-order valence-corrected chi connectivity index (χ3v) is 6.02. The number of ether oxygens (including phenoxy) is 2. The average molecular weight is 393 g/mol. The van der Waals surface area contributed by atoms with Gasteiger partial charge in [-0.3, -0.25) is 9.89 Å². The monoisotopic (exact) mass is 392 g/mol. The van der Waals surface area contributed by atoms with E-state index in [0.29, 0.717) is 12.6 Å². The van der Waals surface area contributed by atoms with E-state index >= 15 is 0 Å². The van der Waals surface area contributed by atoms with Crippen LogP contribution in [0, 0.1) is 0 Å². The fourth-order valence-electron chi connectivity index (χ4n) is 4.08. The van der Waals surface area contributed by atoms with Crippen molar-refractivity contribution in [3.63, 3.8) is 0 Å². The van der Waals surface area contributed by atoms with Gasteiger partial charge < -0.3 is 24.5 Å². The molecule has 3 rings (SSSR count). The van der Waals surface area contributed by atoms with Gasteiger partial charge in [0, 0.05) is 58.7 Å². The molecule has 2 aliphatic heterocycles. The van der Waals surface area contributed by atoms with Crippen LogP contribution in [0.4, 0.5) is 0 Å². The first kappa shape index (κ1) is 21.1. The summed E-state index contributed by atoms with van der Waals surface area (Å²) in [6, 6.07) is 4.52. The van der Waals surface area contributed by atoms with Crippen LogP contribution < -0.4 is 10.6 Å². The van der Waals surface area contributed by atoms with Gasteiger partial charge in [-0.2, -0.15) is 0 Å². The van der Waals surface area contributed by atoms with E-state index in [1.807, 2.05) is 12.1 Å². The summed E-state index contributed by atoms with van der Waals surface area (Å²) in [6.45, 7) is 8.38. The first-order chi connectivity index (χ1) is 13.7. The molecule has 0 aliphatic carbocycles. The Labute approximate surface area is 168 Å². The van der Waals surface area contributed by atoms with Gasteiger partial charge in [-0.15, -0.1) is 0 Å². The lowest BCUT2D eigenvalue weighted by Crippen LogP contribution is -2.47. The van der Waals surface area contributed by atoms with Crippen molar-refractivity contribution in [1.82, 2.24) is 15.5 Å². The van der Waals surface area contributed by atoms with Crippen LogP contribution in [-0.4, -0.2) is 75.5 Å². The molecule has 28 heavy (non-hydrogen) atoms. The number of hydrogen-bond acceptors (Lipinski definition) is 5. The highest BCUT2D eigenvalue weighted by atomic mass is 16.5. The standard InChI is InChI=1S/C21H36N4O3/c1-3-25-12-4-6-18(25)16-23-20(22-11-8-19-7-5-13-28-19)24-17-21(26-2)9-14-27-15-10-21/h5,7,13,18H,3-4,6,8-12,14-17H2,1-2H3,(H2,22,23,24). The molecule has 0 bridgehead atoms. The number of likely N-dealkylation sites (tertiary alicyclic amines) is 1. The van der Waals surface area contributed by atoms with Gasteiger partial charge in [-0.1, -0.05) is 6.92 Å². The quantitative estimate of drug-likeness (QED) is 0.495. The Bertz CT molecular complexity index is 584. The van der Waals surface area contributed by atoms with E-state index in [4.69, 9.17) is 18.9 Å². The fourth-order valence-corrected chi connectivity index (χ4v) is 4.08. The molecule has 0 amide bonds. The van der Waals surface area contributed by atoms with Crippen LogP contribution in [0.3, 0.4) is 0 Å². The van der Waals surface area contributed by atoms with Gasteiger partial charge in [0.15, 0.2) is 5.96 Å². The number of hydrogen-bond donors (Lipinski definition) is 2. The molecule has 158 valence electrons. The van der Waals surface area contributed by atoms with E-state index in [1.54, 1.807) is 13.4 Å². The zero-order valence-corrected chi connectivity index (χ0v) is 17.4. The second-order valence-corrected chi connectivity index (χ2v) is 7.73. The largest absolute Gasteiger partial charge is 0.469 e. The molecule has 0 saturated carbocycles. The number of guanidine groups is 1. The van der Waals surface area contributed by atoms with E-state index in [1.165, 1.54) is 19.4 Å². The van der Waals surface area contributed by atoms with E-state index in [0.717, 1.165) is 63.8 Å². The van der Waals surface area contributed by atoms with Crippen molar-refractivity contribution >= 4 is 5.96 Å². The van der Waals surface area contributed by atoms with Crippen LogP contribution in [0.2, 0.25) is 0 Å². The fraction of sp³-hybridized carbons (Fsp3) is 0.762. The Morgan fingerprint density at radius 1 is 1.36 bits per heavy atom. The van der Waals surface area contributed by atoms with Crippen LogP contribution in [0.15, 0.2) is 27.8 Å². The first-order valence-corrected chi connectivity index (χ1v) is 10.7. The van der Waals surface area contributed by atoms with Crippen LogP contribution in [0.1, 0.15) is 38.4 Å². The van der Waals surface area contributed by atoms with E-state index in [-0.39, 0.29) is 5.60 Å². The summed E-state index contributed by atoms with van der Waals surface area (Å²) in [5.74, 6) is 1.84. The maximum absolute atomic E-state index is 5.84. The third kappa shape index (κ3) is 5.96. The van der Waals surface area contributed by atoms with Gasteiger partial charge in [-0.25, -0.2) is 0 Å². The molecule has 1 unspecified atom stereocenters. The highest BCUT2D eigenvalue weighted by Crippen LogP contribution is 2.24. The highest BCUT2D eigenvalue weighted by molar-refractivity contribution is 5.79. The van der Waals surface area contributed by atoms with Crippen LogP contribution in [0.25, 0.3) is 0 Å². The molecule has 7 heteroatoms. The van der Waals surface area contributed by atoms with Gasteiger partial charge in [0.05, 0.1) is 18.4 Å². The Balaban J connectivity index is 1.57. The molecule has 7 nitrogen and oxygen atoms in total. The number of rotatable bonds is 9. The van der Waals surface area contributed by atoms with Gasteiger partial charge in [0.2, 0.25) is 0 Å². The van der Waals surface area contributed by atoms with E-state index in [2.05, 4.69) is 22.5 Å². The maximum Gasteiger partial charge on any atom is 0.191 e. The topological polar surface area (TPSA) is 71.3 Å². The number of nitrogens with zero attached hydrogens (tertiary/aromatic N) is 2. The summed E-state index contributed by atoms with van der Waals surface area (Å²) < 4.78 is 16.8. The van der Waals surface area contributed by atoms with Crippen molar-refractivity contribution < 1.29 is 13.9 Å². The Morgan fingerprint density at radius 3 is 2.93 bits per heavy atom. The minimum absolute atomic E-state index is 0.212. The normalized spacial score (nSPS) is 23.1. The van der Waals surface area contributed by atoms with Crippen molar-refractivity contribution in [2.24, 2.45) is 4.99 Å². The zero-order chi connectivity index (χ0) is 19.7. The molecule has 1 aromatic rings.